The molecule has 2 heterocycles. The second kappa shape index (κ2) is 7.43. The van der Waals surface area contributed by atoms with E-state index in [1.54, 1.807) is 13.0 Å². The SMILES string of the molecule is Cc1[nH]n(-c2ccc(F)cc2)c(=O)c1/C=C1\NC(=O)N(Cc2cccc(F)c2)C1=O. The van der Waals surface area contributed by atoms with Crippen LogP contribution in [-0.4, -0.2) is 26.6 Å². The van der Waals surface area contributed by atoms with Crippen LogP contribution in [0.25, 0.3) is 11.8 Å². The standard InChI is InChI=1S/C21H16F2N4O3/c1-12-17(19(28)27(25-12)16-7-5-14(22)6-8-16)10-18-20(29)26(21(30)24-18)11-13-3-2-4-15(23)9-13/h2-10,25H,11H2,1H3,(H,24,30)/b18-10-. The normalized spacial score (nSPS) is 15.2. The number of halogens is 2. The Morgan fingerprint density at radius 1 is 1.00 bits per heavy atom. The predicted molar refractivity (Wildman–Crippen MR) is 105 cm³/mol. The number of urea groups is 1. The highest BCUT2D eigenvalue weighted by molar-refractivity contribution is 6.13. The molecular weight excluding hydrogens is 394 g/mol. The number of carbonyl (C=O) groups excluding carboxylic acids is 2. The summed E-state index contributed by atoms with van der Waals surface area (Å²) in [6, 6.07) is 10.2. The van der Waals surface area contributed by atoms with Crippen molar-refractivity contribution in [2.75, 3.05) is 0 Å². The zero-order valence-electron chi connectivity index (χ0n) is 15.8. The van der Waals surface area contributed by atoms with Crippen molar-refractivity contribution in [3.63, 3.8) is 0 Å². The summed E-state index contributed by atoms with van der Waals surface area (Å²) >= 11 is 0. The Hall–Kier alpha value is -4.01. The van der Waals surface area contributed by atoms with Gasteiger partial charge in [0.25, 0.3) is 11.5 Å². The van der Waals surface area contributed by atoms with E-state index < -0.39 is 29.1 Å². The van der Waals surface area contributed by atoms with Crippen molar-refractivity contribution in [2.24, 2.45) is 0 Å². The maximum Gasteiger partial charge on any atom is 0.329 e. The lowest BCUT2D eigenvalue weighted by atomic mass is 10.2. The molecule has 9 heteroatoms. The molecule has 0 unspecified atom stereocenters. The molecule has 3 aromatic rings. The van der Waals surface area contributed by atoms with Gasteiger partial charge in [0.1, 0.15) is 17.3 Å². The van der Waals surface area contributed by atoms with Gasteiger partial charge in [0, 0.05) is 5.69 Å². The minimum Gasteiger partial charge on any atom is -0.303 e. The molecule has 2 aromatic carbocycles. The number of carbonyl (C=O) groups is 2. The lowest BCUT2D eigenvalue weighted by Crippen LogP contribution is -2.30. The van der Waals surface area contributed by atoms with Gasteiger partial charge < -0.3 is 5.32 Å². The first-order valence-electron chi connectivity index (χ1n) is 9.00. The molecule has 1 fully saturated rings. The van der Waals surface area contributed by atoms with Gasteiger partial charge in [-0.25, -0.2) is 18.3 Å². The summed E-state index contributed by atoms with van der Waals surface area (Å²) < 4.78 is 27.7. The van der Waals surface area contributed by atoms with E-state index in [1.807, 2.05) is 0 Å². The van der Waals surface area contributed by atoms with Crippen LogP contribution in [0.5, 0.6) is 0 Å². The molecule has 1 saturated heterocycles. The van der Waals surface area contributed by atoms with Crippen molar-refractivity contribution < 1.29 is 18.4 Å². The number of hydrogen-bond acceptors (Lipinski definition) is 3. The monoisotopic (exact) mass is 410 g/mol. The number of benzene rings is 2. The third kappa shape index (κ3) is 3.52. The summed E-state index contributed by atoms with van der Waals surface area (Å²) in [5.41, 5.74) is 0.983. The number of nitrogens with zero attached hydrogens (tertiary/aromatic N) is 2. The third-order valence-electron chi connectivity index (χ3n) is 4.68. The number of amides is 3. The Morgan fingerprint density at radius 3 is 2.43 bits per heavy atom. The van der Waals surface area contributed by atoms with Crippen LogP contribution in [0.1, 0.15) is 16.8 Å². The number of hydrogen-bond donors (Lipinski definition) is 2. The van der Waals surface area contributed by atoms with E-state index in [4.69, 9.17) is 0 Å². The van der Waals surface area contributed by atoms with Gasteiger partial charge in [-0.1, -0.05) is 12.1 Å². The maximum atomic E-state index is 13.4. The second-order valence-corrected chi connectivity index (χ2v) is 6.78. The van der Waals surface area contributed by atoms with Crippen molar-refractivity contribution in [2.45, 2.75) is 13.5 Å². The first-order valence-corrected chi connectivity index (χ1v) is 9.00. The van der Waals surface area contributed by atoms with E-state index in [2.05, 4.69) is 10.4 Å². The van der Waals surface area contributed by atoms with Gasteiger partial charge in [-0.15, -0.1) is 0 Å². The van der Waals surface area contributed by atoms with E-state index in [1.165, 1.54) is 53.2 Å². The molecule has 152 valence electrons. The molecule has 0 radical (unpaired) electrons. The zero-order chi connectivity index (χ0) is 21.4. The van der Waals surface area contributed by atoms with Crippen molar-refractivity contribution >= 4 is 18.0 Å². The summed E-state index contributed by atoms with van der Waals surface area (Å²) in [6.45, 7) is 1.53. The molecule has 0 atom stereocenters. The Balaban J connectivity index is 1.64. The predicted octanol–water partition coefficient (Wildman–Crippen LogP) is 2.85. The minimum atomic E-state index is -0.664. The number of aromatic amines is 1. The van der Waals surface area contributed by atoms with Crippen LogP contribution in [0.3, 0.4) is 0 Å². The van der Waals surface area contributed by atoms with Crippen LogP contribution in [-0.2, 0) is 11.3 Å². The molecule has 0 aliphatic carbocycles. The Labute approximate surface area is 169 Å². The van der Waals surface area contributed by atoms with Crippen LogP contribution in [0, 0.1) is 18.6 Å². The van der Waals surface area contributed by atoms with Gasteiger partial charge in [-0.05, 0) is 55.0 Å². The molecule has 7 nitrogen and oxygen atoms in total. The fraction of sp³-hybridized carbons (Fsp3) is 0.0952. The van der Waals surface area contributed by atoms with Crippen LogP contribution >= 0.6 is 0 Å². The van der Waals surface area contributed by atoms with Crippen molar-refractivity contribution in [1.82, 2.24) is 20.0 Å². The first kappa shape index (κ1) is 19.3. The van der Waals surface area contributed by atoms with E-state index in [-0.39, 0.29) is 17.8 Å². The van der Waals surface area contributed by atoms with Gasteiger partial charge in [-0.3, -0.25) is 19.6 Å². The number of nitrogens with one attached hydrogen (secondary N) is 2. The van der Waals surface area contributed by atoms with Gasteiger partial charge in [-0.2, -0.15) is 0 Å². The smallest absolute Gasteiger partial charge is 0.303 e. The molecule has 0 spiro atoms. The molecule has 2 N–H and O–H groups in total. The molecule has 1 aliphatic heterocycles. The fourth-order valence-electron chi connectivity index (χ4n) is 3.18. The molecule has 0 saturated carbocycles. The lowest BCUT2D eigenvalue weighted by molar-refractivity contribution is -0.123. The van der Waals surface area contributed by atoms with Gasteiger partial charge in [0.15, 0.2) is 0 Å². The molecular formula is C21H16F2N4O3. The number of aryl methyl sites for hydroxylation is 1. The Bertz CT molecular complexity index is 1240. The third-order valence-corrected chi connectivity index (χ3v) is 4.68. The summed E-state index contributed by atoms with van der Waals surface area (Å²) in [5.74, 6) is -1.53. The van der Waals surface area contributed by atoms with E-state index in [0.717, 1.165) is 4.90 Å². The molecule has 1 aromatic heterocycles. The van der Waals surface area contributed by atoms with Crippen LogP contribution in [0.15, 0.2) is 59.0 Å². The number of imide groups is 1. The highest BCUT2D eigenvalue weighted by atomic mass is 19.1. The van der Waals surface area contributed by atoms with Gasteiger partial charge in [0.2, 0.25) is 0 Å². The molecule has 30 heavy (non-hydrogen) atoms. The molecule has 3 amide bonds. The molecule has 4 rings (SSSR count). The summed E-state index contributed by atoms with van der Waals surface area (Å²) in [4.78, 5) is 38.6. The van der Waals surface area contributed by atoms with Crippen molar-refractivity contribution in [3.05, 3.63) is 93.0 Å². The summed E-state index contributed by atoms with van der Waals surface area (Å²) in [6.07, 6.45) is 1.29. The van der Waals surface area contributed by atoms with Crippen molar-refractivity contribution in [3.8, 4) is 5.69 Å². The average Bonchev–Trinajstić information content (AvgIpc) is 3.14. The number of H-pyrrole nitrogens is 1. The maximum absolute atomic E-state index is 13.4. The summed E-state index contributed by atoms with van der Waals surface area (Å²) in [7, 11) is 0. The summed E-state index contributed by atoms with van der Waals surface area (Å²) in [5, 5.41) is 5.31. The number of aromatic nitrogens is 2. The topological polar surface area (TPSA) is 87.2 Å². The quantitative estimate of drug-likeness (QED) is 0.512. The van der Waals surface area contributed by atoms with E-state index in [0.29, 0.717) is 16.9 Å². The molecule has 0 bridgehead atoms. The first-order chi connectivity index (χ1) is 14.3. The van der Waals surface area contributed by atoms with Crippen molar-refractivity contribution in [1.29, 1.82) is 0 Å². The highest BCUT2D eigenvalue weighted by Crippen LogP contribution is 2.18. The fourth-order valence-corrected chi connectivity index (χ4v) is 3.18. The van der Waals surface area contributed by atoms with Crippen LogP contribution in [0.2, 0.25) is 0 Å². The second-order valence-electron chi connectivity index (χ2n) is 6.78. The lowest BCUT2D eigenvalue weighted by Gasteiger charge is -2.11. The van der Waals surface area contributed by atoms with Gasteiger partial charge in [0.05, 0.1) is 17.8 Å². The largest absolute Gasteiger partial charge is 0.329 e. The minimum absolute atomic E-state index is 0.0677. The van der Waals surface area contributed by atoms with E-state index >= 15 is 0 Å². The van der Waals surface area contributed by atoms with E-state index in [9.17, 15) is 23.2 Å². The highest BCUT2D eigenvalue weighted by Gasteiger charge is 2.34. The van der Waals surface area contributed by atoms with Crippen LogP contribution < -0.4 is 10.9 Å². The van der Waals surface area contributed by atoms with Crippen LogP contribution in [0.4, 0.5) is 13.6 Å². The Kier molecular flexibility index (Phi) is 4.78. The Morgan fingerprint density at radius 2 is 1.73 bits per heavy atom. The number of rotatable bonds is 4. The van der Waals surface area contributed by atoms with Gasteiger partial charge >= 0.3 is 6.03 Å². The average molecular weight is 410 g/mol. The zero-order valence-corrected chi connectivity index (χ0v) is 15.8. The molecule has 1 aliphatic rings.